The van der Waals surface area contributed by atoms with Gasteiger partial charge >= 0.3 is 5.69 Å². The summed E-state index contributed by atoms with van der Waals surface area (Å²) < 4.78 is 0. The van der Waals surface area contributed by atoms with E-state index in [9.17, 15) is 10.1 Å². The molecule has 0 aliphatic rings. The van der Waals surface area contributed by atoms with Crippen molar-refractivity contribution < 1.29 is 4.92 Å². The molecule has 1 heterocycles. The largest absolute Gasteiger partial charge is 0.370 e. The smallest absolute Gasteiger partial charge is 0.311 e. The van der Waals surface area contributed by atoms with E-state index in [1.54, 1.807) is 6.07 Å². The summed E-state index contributed by atoms with van der Waals surface area (Å²) in [5.74, 6) is 1.00. The van der Waals surface area contributed by atoms with Gasteiger partial charge in [-0.1, -0.05) is 32.6 Å². The summed E-state index contributed by atoms with van der Waals surface area (Å²) in [5, 5.41) is 17.3. The Balaban J connectivity index is 2.69. The molecule has 2 N–H and O–H groups in total. The normalized spacial score (nSPS) is 12.0. The fourth-order valence-electron chi connectivity index (χ4n) is 2.17. The van der Waals surface area contributed by atoms with Crippen LogP contribution in [0, 0.1) is 10.1 Å². The molecular formula is C15H26N4O2. The van der Waals surface area contributed by atoms with Gasteiger partial charge in [-0.3, -0.25) is 10.1 Å². The molecular weight excluding hydrogens is 268 g/mol. The van der Waals surface area contributed by atoms with Crippen LogP contribution in [0.15, 0.2) is 12.1 Å². The van der Waals surface area contributed by atoms with Gasteiger partial charge in [0.05, 0.1) is 4.92 Å². The summed E-state index contributed by atoms with van der Waals surface area (Å²) in [6.45, 7) is 6.92. The Labute approximate surface area is 126 Å². The molecule has 0 radical (unpaired) electrons. The second kappa shape index (κ2) is 9.15. The molecule has 0 amide bonds. The molecule has 1 atom stereocenters. The van der Waals surface area contributed by atoms with Gasteiger partial charge in [-0.25, -0.2) is 4.98 Å². The second-order valence-corrected chi connectivity index (χ2v) is 5.25. The van der Waals surface area contributed by atoms with Crippen molar-refractivity contribution >= 4 is 17.3 Å². The first kappa shape index (κ1) is 17.2. The standard InChI is InChI=1S/C15H26N4O2/c1-4-6-7-8-9-12(3)17-15-13(19(20)21)10-11-14(18-15)16-5-2/h10-12H,4-9H2,1-3H3,(H2,16,17,18). The van der Waals surface area contributed by atoms with E-state index in [1.165, 1.54) is 25.3 Å². The first-order valence-electron chi connectivity index (χ1n) is 7.74. The average Bonchev–Trinajstić information content (AvgIpc) is 2.44. The van der Waals surface area contributed by atoms with Gasteiger partial charge in [0.15, 0.2) is 0 Å². The first-order chi connectivity index (χ1) is 10.1. The highest BCUT2D eigenvalue weighted by Crippen LogP contribution is 2.25. The number of nitrogens with one attached hydrogen (secondary N) is 2. The third kappa shape index (κ3) is 5.97. The molecule has 6 heteroatoms. The van der Waals surface area contributed by atoms with Crippen LogP contribution in [0.3, 0.4) is 0 Å². The number of unbranched alkanes of at least 4 members (excludes halogenated alkanes) is 3. The lowest BCUT2D eigenvalue weighted by molar-refractivity contribution is -0.384. The van der Waals surface area contributed by atoms with E-state index in [0.717, 1.165) is 19.4 Å². The number of pyridine rings is 1. The minimum Gasteiger partial charge on any atom is -0.370 e. The minimum absolute atomic E-state index is 0.0251. The number of aromatic nitrogens is 1. The molecule has 1 unspecified atom stereocenters. The van der Waals surface area contributed by atoms with Crippen molar-refractivity contribution in [3.63, 3.8) is 0 Å². The van der Waals surface area contributed by atoms with Crippen LogP contribution in [0.4, 0.5) is 17.3 Å². The number of nitrogens with zero attached hydrogens (tertiary/aromatic N) is 2. The third-order valence-electron chi connectivity index (χ3n) is 3.30. The van der Waals surface area contributed by atoms with Gasteiger partial charge in [-0.15, -0.1) is 0 Å². The van der Waals surface area contributed by atoms with Gasteiger partial charge in [0.1, 0.15) is 5.82 Å². The number of anilines is 2. The van der Waals surface area contributed by atoms with Crippen LogP contribution >= 0.6 is 0 Å². The molecule has 0 spiro atoms. The van der Waals surface area contributed by atoms with Gasteiger partial charge in [0, 0.05) is 18.7 Å². The molecule has 0 saturated heterocycles. The van der Waals surface area contributed by atoms with E-state index in [4.69, 9.17) is 0 Å². The molecule has 0 bridgehead atoms. The van der Waals surface area contributed by atoms with Gasteiger partial charge < -0.3 is 10.6 Å². The first-order valence-corrected chi connectivity index (χ1v) is 7.74. The Morgan fingerprint density at radius 2 is 2.05 bits per heavy atom. The average molecular weight is 294 g/mol. The van der Waals surface area contributed by atoms with Crippen LogP contribution in [0.5, 0.6) is 0 Å². The van der Waals surface area contributed by atoms with E-state index in [0.29, 0.717) is 11.6 Å². The van der Waals surface area contributed by atoms with E-state index < -0.39 is 4.92 Å². The zero-order chi connectivity index (χ0) is 15.7. The summed E-state index contributed by atoms with van der Waals surface area (Å²) in [4.78, 5) is 15.0. The summed E-state index contributed by atoms with van der Waals surface area (Å²) in [5.41, 5.74) is 0.0251. The molecule has 6 nitrogen and oxygen atoms in total. The SMILES string of the molecule is CCCCCCC(C)Nc1nc(NCC)ccc1[N+](=O)[O-]. The van der Waals surface area contributed by atoms with Crippen molar-refractivity contribution in [2.45, 2.75) is 58.9 Å². The Hall–Kier alpha value is -1.85. The van der Waals surface area contributed by atoms with Crippen molar-refractivity contribution in [3.05, 3.63) is 22.2 Å². The molecule has 1 aromatic heterocycles. The van der Waals surface area contributed by atoms with Crippen molar-refractivity contribution in [1.82, 2.24) is 4.98 Å². The Morgan fingerprint density at radius 1 is 1.29 bits per heavy atom. The highest BCUT2D eigenvalue weighted by molar-refractivity contribution is 5.60. The van der Waals surface area contributed by atoms with Gasteiger partial charge in [-0.05, 0) is 26.3 Å². The highest BCUT2D eigenvalue weighted by Gasteiger charge is 2.17. The molecule has 0 aliphatic heterocycles. The van der Waals surface area contributed by atoms with Crippen LogP contribution in [-0.2, 0) is 0 Å². The van der Waals surface area contributed by atoms with Crippen LogP contribution in [0.2, 0.25) is 0 Å². The maximum Gasteiger partial charge on any atom is 0.311 e. The monoisotopic (exact) mass is 294 g/mol. The highest BCUT2D eigenvalue weighted by atomic mass is 16.6. The zero-order valence-electron chi connectivity index (χ0n) is 13.2. The van der Waals surface area contributed by atoms with Crippen molar-refractivity contribution in [2.75, 3.05) is 17.2 Å². The molecule has 1 rings (SSSR count). The van der Waals surface area contributed by atoms with E-state index in [-0.39, 0.29) is 11.7 Å². The number of nitro groups is 1. The Kier molecular flexibility index (Phi) is 7.50. The summed E-state index contributed by atoms with van der Waals surface area (Å²) >= 11 is 0. The van der Waals surface area contributed by atoms with Crippen LogP contribution in [-0.4, -0.2) is 22.5 Å². The van der Waals surface area contributed by atoms with Gasteiger partial charge in [0.25, 0.3) is 0 Å². The number of hydrogen-bond donors (Lipinski definition) is 2. The molecule has 118 valence electrons. The lowest BCUT2D eigenvalue weighted by Gasteiger charge is -2.15. The maximum absolute atomic E-state index is 11.1. The maximum atomic E-state index is 11.1. The third-order valence-corrected chi connectivity index (χ3v) is 3.30. The molecule has 0 aromatic carbocycles. The van der Waals surface area contributed by atoms with E-state index >= 15 is 0 Å². The molecule has 0 fully saturated rings. The lowest BCUT2D eigenvalue weighted by Crippen LogP contribution is -2.17. The molecule has 0 aliphatic carbocycles. The van der Waals surface area contributed by atoms with E-state index in [2.05, 4.69) is 22.5 Å². The van der Waals surface area contributed by atoms with E-state index in [1.807, 2.05) is 13.8 Å². The van der Waals surface area contributed by atoms with Gasteiger partial charge in [-0.2, -0.15) is 0 Å². The summed E-state index contributed by atoms with van der Waals surface area (Å²) in [6, 6.07) is 3.31. The predicted octanol–water partition coefficient (Wildman–Crippen LogP) is 4.19. The second-order valence-electron chi connectivity index (χ2n) is 5.25. The fourth-order valence-corrected chi connectivity index (χ4v) is 2.17. The van der Waals surface area contributed by atoms with Gasteiger partial charge in [0.2, 0.25) is 5.82 Å². The topological polar surface area (TPSA) is 80.1 Å². The Bertz CT molecular complexity index is 451. The lowest BCUT2D eigenvalue weighted by atomic mass is 10.1. The quantitative estimate of drug-likeness (QED) is 0.384. The van der Waals surface area contributed by atoms with Crippen LogP contribution in [0.25, 0.3) is 0 Å². The summed E-state index contributed by atoms with van der Waals surface area (Å²) in [7, 11) is 0. The van der Waals surface area contributed by atoms with Crippen molar-refractivity contribution in [3.8, 4) is 0 Å². The molecule has 1 aromatic rings. The number of hydrogen-bond acceptors (Lipinski definition) is 5. The zero-order valence-corrected chi connectivity index (χ0v) is 13.2. The van der Waals surface area contributed by atoms with Crippen LogP contribution < -0.4 is 10.6 Å². The molecule has 21 heavy (non-hydrogen) atoms. The number of rotatable bonds is 10. The summed E-state index contributed by atoms with van der Waals surface area (Å²) in [6.07, 6.45) is 5.77. The fraction of sp³-hybridized carbons (Fsp3) is 0.667. The van der Waals surface area contributed by atoms with Crippen LogP contribution in [0.1, 0.15) is 52.9 Å². The minimum atomic E-state index is -0.394. The van der Waals surface area contributed by atoms with Crippen molar-refractivity contribution in [1.29, 1.82) is 0 Å². The predicted molar refractivity (Wildman–Crippen MR) is 86.9 cm³/mol. The Morgan fingerprint density at radius 3 is 2.67 bits per heavy atom. The molecule has 0 saturated carbocycles. The van der Waals surface area contributed by atoms with Crippen molar-refractivity contribution in [2.24, 2.45) is 0 Å².